The van der Waals surface area contributed by atoms with Crippen LogP contribution in [0.5, 0.6) is 0 Å². The number of rotatable bonds is 3. The van der Waals surface area contributed by atoms with Crippen LogP contribution in [0, 0.1) is 5.92 Å². The number of piperidine rings is 1. The van der Waals surface area contributed by atoms with E-state index in [0.29, 0.717) is 6.54 Å². The first-order chi connectivity index (χ1) is 11.6. The summed E-state index contributed by atoms with van der Waals surface area (Å²) in [7, 11) is 0. The van der Waals surface area contributed by atoms with Crippen LogP contribution in [-0.2, 0) is 4.79 Å². The summed E-state index contributed by atoms with van der Waals surface area (Å²) in [6.07, 6.45) is 3.25. The van der Waals surface area contributed by atoms with Gasteiger partial charge in [-0.25, -0.2) is 0 Å². The summed E-state index contributed by atoms with van der Waals surface area (Å²) in [4.78, 5) is 27.2. The van der Waals surface area contributed by atoms with E-state index in [2.05, 4.69) is 0 Å². The van der Waals surface area contributed by atoms with E-state index in [1.165, 1.54) is 0 Å². The first kappa shape index (κ1) is 15.3. The third-order valence-electron chi connectivity index (χ3n) is 5.33. The minimum absolute atomic E-state index is 0.0264. The highest BCUT2D eigenvalue weighted by atomic mass is 16.2. The third kappa shape index (κ3) is 2.71. The molecule has 4 rings (SSSR count). The summed E-state index contributed by atoms with van der Waals surface area (Å²) in [5.74, 6) is 0.0462. The summed E-state index contributed by atoms with van der Waals surface area (Å²) < 4.78 is 0. The lowest BCUT2D eigenvalue weighted by Gasteiger charge is -2.33. The maximum absolute atomic E-state index is 12.9. The van der Waals surface area contributed by atoms with E-state index in [-0.39, 0.29) is 17.6 Å². The average molecular weight is 322 g/mol. The molecule has 0 bridgehead atoms. The van der Waals surface area contributed by atoms with Gasteiger partial charge in [-0.15, -0.1) is 0 Å². The number of carbonyl (C=O) groups excluding carboxylic acids is 2. The second-order valence-electron chi connectivity index (χ2n) is 7.17. The van der Waals surface area contributed by atoms with Gasteiger partial charge in [0.15, 0.2) is 5.78 Å². The molecule has 2 aromatic rings. The molecule has 1 amide bonds. The van der Waals surface area contributed by atoms with Crippen LogP contribution in [-0.4, -0.2) is 35.2 Å². The molecule has 2 aromatic carbocycles. The van der Waals surface area contributed by atoms with E-state index in [9.17, 15) is 9.59 Å². The van der Waals surface area contributed by atoms with Crippen molar-refractivity contribution >= 4 is 22.5 Å². The second kappa shape index (κ2) is 5.71. The Morgan fingerprint density at radius 1 is 1.08 bits per heavy atom. The van der Waals surface area contributed by atoms with Gasteiger partial charge in [0.25, 0.3) is 0 Å². The van der Waals surface area contributed by atoms with Gasteiger partial charge in [0, 0.05) is 24.6 Å². The fraction of sp³-hybridized carbons (Fsp3) is 0.400. The number of carbonyl (C=O) groups is 2. The Bertz CT molecular complexity index is 810. The first-order valence-electron chi connectivity index (χ1n) is 8.68. The fourth-order valence-electron chi connectivity index (χ4n) is 3.62. The number of nitrogens with zero attached hydrogens (tertiary/aromatic N) is 1. The molecule has 1 aliphatic heterocycles. The number of hydrogen-bond acceptors (Lipinski definition) is 3. The van der Waals surface area contributed by atoms with Gasteiger partial charge in [0.05, 0.1) is 5.54 Å². The molecule has 124 valence electrons. The predicted octanol–water partition coefficient (Wildman–Crippen LogP) is 2.75. The Balaban J connectivity index is 1.53. The van der Waals surface area contributed by atoms with Gasteiger partial charge in [-0.3, -0.25) is 9.59 Å². The Morgan fingerprint density at radius 3 is 2.58 bits per heavy atom. The van der Waals surface area contributed by atoms with Gasteiger partial charge in [-0.1, -0.05) is 36.4 Å². The molecular formula is C20H22N2O2. The lowest BCUT2D eigenvalue weighted by Crippen LogP contribution is -2.50. The monoisotopic (exact) mass is 322 g/mol. The lowest BCUT2D eigenvalue weighted by molar-refractivity contribution is -0.135. The molecule has 0 spiro atoms. The minimum atomic E-state index is -0.645. The SMILES string of the molecule is NC1(C(=O)N2CCCC(C(=O)c3ccc4ccccc4c3)C2)CC1. The van der Waals surface area contributed by atoms with Crippen LogP contribution in [0.2, 0.25) is 0 Å². The van der Waals surface area contributed by atoms with Gasteiger partial charge in [-0.05, 0) is 42.5 Å². The minimum Gasteiger partial charge on any atom is -0.340 e. The molecule has 1 saturated carbocycles. The number of hydrogen-bond donors (Lipinski definition) is 1. The lowest BCUT2D eigenvalue weighted by atomic mass is 9.89. The van der Waals surface area contributed by atoms with Crippen molar-refractivity contribution in [2.24, 2.45) is 11.7 Å². The van der Waals surface area contributed by atoms with Crippen LogP contribution < -0.4 is 5.73 Å². The fourth-order valence-corrected chi connectivity index (χ4v) is 3.62. The number of fused-ring (bicyclic) bond motifs is 1. The molecule has 0 radical (unpaired) electrons. The molecule has 0 aromatic heterocycles. The number of nitrogens with two attached hydrogens (primary N) is 1. The summed E-state index contributed by atoms with van der Waals surface area (Å²) in [6.45, 7) is 1.22. The van der Waals surface area contributed by atoms with Crippen molar-refractivity contribution in [3.8, 4) is 0 Å². The number of likely N-dealkylation sites (tertiary alicyclic amines) is 1. The summed E-state index contributed by atoms with van der Waals surface area (Å²) >= 11 is 0. The second-order valence-corrected chi connectivity index (χ2v) is 7.17. The Hall–Kier alpha value is -2.20. The molecule has 1 atom stereocenters. The third-order valence-corrected chi connectivity index (χ3v) is 5.33. The standard InChI is InChI=1S/C20H22N2O2/c21-20(9-10-20)19(24)22-11-3-6-17(13-22)18(23)16-8-7-14-4-1-2-5-15(14)12-16/h1-2,4-5,7-8,12,17H,3,6,9-11,13,21H2. The Morgan fingerprint density at radius 2 is 1.83 bits per heavy atom. The molecule has 1 unspecified atom stereocenters. The molecule has 4 nitrogen and oxygen atoms in total. The van der Waals surface area contributed by atoms with Crippen molar-refractivity contribution in [2.45, 2.75) is 31.2 Å². The molecule has 1 heterocycles. The zero-order valence-corrected chi connectivity index (χ0v) is 13.7. The highest BCUT2D eigenvalue weighted by Gasteiger charge is 2.49. The van der Waals surface area contributed by atoms with Crippen LogP contribution in [0.25, 0.3) is 10.8 Å². The van der Waals surface area contributed by atoms with Crippen molar-refractivity contribution < 1.29 is 9.59 Å². The van der Waals surface area contributed by atoms with E-state index in [1.54, 1.807) is 4.90 Å². The number of Topliss-reactive ketones (excluding diaryl/α,β-unsaturated/α-hetero) is 1. The maximum Gasteiger partial charge on any atom is 0.242 e. The number of amides is 1. The topological polar surface area (TPSA) is 63.4 Å². The van der Waals surface area contributed by atoms with Gasteiger partial charge >= 0.3 is 0 Å². The van der Waals surface area contributed by atoms with E-state index < -0.39 is 5.54 Å². The molecule has 2 fully saturated rings. The Kier molecular flexibility index (Phi) is 3.65. The number of benzene rings is 2. The van der Waals surface area contributed by atoms with Crippen LogP contribution in [0.4, 0.5) is 0 Å². The first-order valence-corrected chi connectivity index (χ1v) is 8.68. The van der Waals surface area contributed by atoms with E-state index in [0.717, 1.165) is 48.6 Å². The van der Waals surface area contributed by atoms with Crippen molar-refractivity contribution in [1.29, 1.82) is 0 Å². The quantitative estimate of drug-likeness (QED) is 0.884. The van der Waals surface area contributed by atoms with Crippen LogP contribution >= 0.6 is 0 Å². The van der Waals surface area contributed by atoms with Gasteiger partial charge < -0.3 is 10.6 Å². The highest BCUT2D eigenvalue weighted by Crippen LogP contribution is 2.35. The van der Waals surface area contributed by atoms with E-state index >= 15 is 0 Å². The van der Waals surface area contributed by atoms with E-state index in [1.807, 2.05) is 42.5 Å². The molecule has 4 heteroatoms. The zero-order valence-electron chi connectivity index (χ0n) is 13.7. The van der Waals surface area contributed by atoms with Crippen molar-refractivity contribution in [3.05, 3.63) is 48.0 Å². The Labute approximate surface area is 141 Å². The maximum atomic E-state index is 12.9. The van der Waals surface area contributed by atoms with Crippen molar-refractivity contribution in [2.75, 3.05) is 13.1 Å². The van der Waals surface area contributed by atoms with Crippen molar-refractivity contribution in [3.63, 3.8) is 0 Å². The largest absolute Gasteiger partial charge is 0.340 e. The molecule has 24 heavy (non-hydrogen) atoms. The summed E-state index contributed by atoms with van der Waals surface area (Å²) in [5.41, 5.74) is 6.13. The smallest absolute Gasteiger partial charge is 0.242 e. The van der Waals surface area contributed by atoms with Crippen LogP contribution in [0.3, 0.4) is 0 Å². The van der Waals surface area contributed by atoms with Gasteiger partial charge in [0.1, 0.15) is 0 Å². The van der Waals surface area contributed by atoms with Gasteiger partial charge in [-0.2, -0.15) is 0 Å². The average Bonchev–Trinajstić information content (AvgIpc) is 3.39. The van der Waals surface area contributed by atoms with Crippen LogP contribution in [0.1, 0.15) is 36.0 Å². The van der Waals surface area contributed by atoms with E-state index in [4.69, 9.17) is 5.73 Å². The molecule has 2 N–H and O–H groups in total. The highest BCUT2D eigenvalue weighted by molar-refractivity contribution is 6.01. The molecule has 2 aliphatic rings. The van der Waals surface area contributed by atoms with Crippen molar-refractivity contribution in [1.82, 2.24) is 4.90 Å². The van der Waals surface area contributed by atoms with Gasteiger partial charge in [0.2, 0.25) is 5.91 Å². The zero-order chi connectivity index (χ0) is 16.7. The molecule has 1 aliphatic carbocycles. The van der Waals surface area contributed by atoms with Crippen LogP contribution in [0.15, 0.2) is 42.5 Å². The summed E-state index contributed by atoms with van der Waals surface area (Å²) in [5, 5.41) is 2.21. The normalized spacial score (nSPS) is 22.4. The number of ketones is 1. The summed E-state index contributed by atoms with van der Waals surface area (Å²) in [6, 6.07) is 13.9. The predicted molar refractivity (Wildman–Crippen MR) is 93.7 cm³/mol. The molecule has 1 saturated heterocycles. The molecular weight excluding hydrogens is 300 g/mol.